The normalized spacial score (nSPS) is 10.3. The van der Waals surface area contributed by atoms with Gasteiger partial charge >= 0.3 is 6.03 Å². The second-order valence-corrected chi connectivity index (χ2v) is 6.07. The maximum atomic E-state index is 12.0. The van der Waals surface area contributed by atoms with Crippen molar-refractivity contribution in [3.8, 4) is 11.3 Å². The molecule has 0 fully saturated rings. The molecular weight excluding hydrogens is 332 g/mol. The van der Waals surface area contributed by atoms with Gasteiger partial charge in [-0.05, 0) is 30.3 Å². The molecule has 0 unspecified atom stereocenters. The lowest BCUT2D eigenvalue weighted by atomic mass is 10.1. The molecule has 0 saturated heterocycles. The SMILES string of the molecule is Nc1nc(-c2cccc(NC(=O)Nc3cccc(Cl)c3)c2)cs1. The first-order valence-electron chi connectivity index (χ1n) is 6.75. The van der Waals surface area contributed by atoms with Crippen LogP contribution in [-0.2, 0) is 0 Å². The van der Waals surface area contributed by atoms with Crippen LogP contribution in [0.3, 0.4) is 0 Å². The number of hydrogen-bond donors (Lipinski definition) is 3. The second kappa shape index (κ2) is 6.68. The molecule has 3 aromatic rings. The van der Waals surface area contributed by atoms with Crippen molar-refractivity contribution in [1.29, 1.82) is 0 Å². The van der Waals surface area contributed by atoms with Crippen LogP contribution in [0.4, 0.5) is 21.3 Å². The van der Waals surface area contributed by atoms with Crippen molar-refractivity contribution in [2.45, 2.75) is 0 Å². The third-order valence-electron chi connectivity index (χ3n) is 3.02. The van der Waals surface area contributed by atoms with Gasteiger partial charge in [0.25, 0.3) is 0 Å². The molecule has 0 aliphatic rings. The van der Waals surface area contributed by atoms with Gasteiger partial charge in [0.1, 0.15) is 0 Å². The van der Waals surface area contributed by atoms with Crippen LogP contribution >= 0.6 is 22.9 Å². The molecule has 7 heteroatoms. The lowest BCUT2D eigenvalue weighted by Gasteiger charge is -2.08. The number of halogens is 1. The van der Waals surface area contributed by atoms with E-state index in [1.807, 2.05) is 23.6 Å². The summed E-state index contributed by atoms with van der Waals surface area (Å²) in [7, 11) is 0. The molecule has 0 aliphatic carbocycles. The van der Waals surface area contributed by atoms with E-state index >= 15 is 0 Å². The van der Waals surface area contributed by atoms with Gasteiger partial charge in [0.2, 0.25) is 0 Å². The molecule has 0 spiro atoms. The molecule has 116 valence electrons. The number of nitrogens with zero attached hydrogens (tertiary/aromatic N) is 1. The van der Waals surface area contributed by atoms with Crippen LogP contribution in [0, 0.1) is 0 Å². The summed E-state index contributed by atoms with van der Waals surface area (Å²) in [5.74, 6) is 0. The molecule has 0 bridgehead atoms. The van der Waals surface area contributed by atoms with Gasteiger partial charge < -0.3 is 16.4 Å². The van der Waals surface area contributed by atoms with Gasteiger partial charge in [-0.15, -0.1) is 11.3 Å². The van der Waals surface area contributed by atoms with Crippen molar-refractivity contribution < 1.29 is 4.79 Å². The lowest BCUT2D eigenvalue weighted by Crippen LogP contribution is -2.19. The van der Waals surface area contributed by atoms with Crippen LogP contribution < -0.4 is 16.4 Å². The Balaban J connectivity index is 1.71. The number of anilines is 3. The summed E-state index contributed by atoms with van der Waals surface area (Å²) in [5.41, 5.74) is 8.61. The molecular formula is C16H13ClN4OS. The van der Waals surface area contributed by atoms with Crippen molar-refractivity contribution in [2.24, 2.45) is 0 Å². The highest BCUT2D eigenvalue weighted by molar-refractivity contribution is 7.13. The highest BCUT2D eigenvalue weighted by Gasteiger charge is 2.06. The van der Waals surface area contributed by atoms with E-state index in [9.17, 15) is 4.79 Å². The molecule has 0 atom stereocenters. The van der Waals surface area contributed by atoms with E-state index in [0.29, 0.717) is 21.5 Å². The average Bonchev–Trinajstić information content (AvgIpc) is 2.94. The number of nitrogen functional groups attached to an aromatic ring is 1. The summed E-state index contributed by atoms with van der Waals surface area (Å²) >= 11 is 7.27. The summed E-state index contributed by atoms with van der Waals surface area (Å²) in [5, 5.41) is 8.45. The molecule has 0 radical (unpaired) electrons. The number of aromatic nitrogens is 1. The van der Waals surface area contributed by atoms with Gasteiger partial charge in [-0.2, -0.15) is 0 Å². The Labute approximate surface area is 142 Å². The standard InChI is InChI=1S/C16H13ClN4OS/c17-11-4-2-6-13(8-11)20-16(22)19-12-5-1-3-10(7-12)14-9-23-15(18)21-14/h1-9H,(H2,18,21)(H2,19,20,22). The fourth-order valence-electron chi connectivity index (χ4n) is 2.04. The lowest BCUT2D eigenvalue weighted by molar-refractivity contribution is 0.262. The van der Waals surface area contributed by atoms with E-state index in [1.165, 1.54) is 11.3 Å². The number of urea groups is 1. The van der Waals surface area contributed by atoms with Crippen molar-refractivity contribution in [1.82, 2.24) is 4.98 Å². The summed E-state index contributed by atoms with van der Waals surface area (Å²) in [6.07, 6.45) is 0. The van der Waals surface area contributed by atoms with Crippen LogP contribution in [-0.4, -0.2) is 11.0 Å². The molecule has 2 amide bonds. The number of thiazole rings is 1. The summed E-state index contributed by atoms with van der Waals surface area (Å²) < 4.78 is 0. The van der Waals surface area contributed by atoms with Crippen molar-refractivity contribution >= 4 is 45.5 Å². The van der Waals surface area contributed by atoms with Crippen LogP contribution in [0.1, 0.15) is 0 Å². The number of carbonyl (C=O) groups excluding carboxylic acids is 1. The van der Waals surface area contributed by atoms with Crippen molar-refractivity contribution in [3.63, 3.8) is 0 Å². The van der Waals surface area contributed by atoms with Gasteiger partial charge in [-0.3, -0.25) is 0 Å². The van der Waals surface area contributed by atoms with E-state index in [0.717, 1.165) is 11.3 Å². The van der Waals surface area contributed by atoms with Gasteiger partial charge in [0, 0.05) is 27.3 Å². The van der Waals surface area contributed by atoms with Crippen LogP contribution in [0.2, 0.25) is 5.02 Å². The number of nitrogens with two attached hydrogens (primary N) is 1. The molecule has 5 nitrogen and oxygen atoms in total. The quantitative estimate of drug-likeness (QED) is 0.644. The third-order valence-corrected chi connectivity index (χ3v) is 3.93. The largest absolute Gasteiger partial charge is 0.375 e. The zero-order chi connectivity index (χ0) is 16.2. The third kappa shape index (κ3) is 4.00. The minimum atomic E-state index is -0.345. The van der Waals surface area contributed by atoms with Crippen molar-refractivity contribution in [2.75, 3.05) is 16.4 Å². The first-order chi connectivity index (χ1) is 11.1. The highest BCUT2D eigenvalue weighted by atomic mass is 35.5. The second-order valence-electron chi connectivity index (χ2n) is 4.74. The Morgan fingerprint density at radius 1 is 1.09 bits per heavy atom. The van der Waals surface area contributed by atoms with E-state index < -0.39 is 0 Å². The first-order valence-corrected chi connectivity index (χ1v) is 8.01. The zero-order valence-electron chi connectivity index (χ0n) is 11.9. The summed E-state index contributed by atoms with van der Waals surface area (Å²) in [4.78, 5) is 16.3. The zero-order valence-corrected chi connectivity index (χ0v) is 13.5. The number of rotatable bonds is 3. The predicted octanol–water partition coefficient (Wildman–Crippen LogP) is 4.69. The van der Waals surface area contributed by atoms with E-state index in [1.54, 1.807) is 30.3 Å². The predicted molar refractivity (Wildman–Crippen MR) is 96.1 cm³/mol. The number of carbonyl (C=O) groups is 1. The van der Waals surface area contributed by atoms with Gasteiger partial charge in [-0.1, -0.05) is 29.8 Å². The Morgan fingerprint density at radius 2 is 1.78 bits per heavy atom. The maximum Gasteiger partial charge on any atom is 0.323 e. The molecule has 2 aromatic carbocycles. The minimum Gasteiger partial charge on any atom is -0.375 e. The van der Waals surface area contributed by atoms with Crippen LogP contribution in [0.5, 0.6) is 0 Å². The van der Waals surface area contributed by atoms with Crippen LogP contribution in [0.15, 0.2) is 53.9 Å². The Morgan fingerprint density at radius 3 is 2.43 bits per heavy atom. The Hall–Kier alpha value is -2.57. The fraction of sp³-hybridized carbons (Fsp3) is 0. The van der Waals surface area contributed by atoms with Crippen molar-refractivity contribution in [3.05, 3.63) is 58.9 Å². The minimum absolute atomic E-state index is 0.345. The van der Waals surface area contributed by atoms with E-state index in [2.05, 4.69) is 15.6 Å². The number of amides is 2. The Bertz CT molecular complexity index is 849. The molecule has 0 saturated carbocycles. The molecule has 1 aromatic heterocycles. The number of benzene rings is 2. The summed E-state index contributed by atoms with van der Waals surface area (Å²) in [6, 6.07) is 14.0. The van der Waals surface area contributed by atoms with Gasteiger partial charge in [0.05, 0.1) is 5.69 Å². The van der Waals surface area contributed by atoms with E-state index in [-0.39, 0.29) is 6.03 Å². The average molecular weight is 345 g/mol. The van der Waals surface area contributed by atoms with Gasteiger partial charge in [0.15, 0.2) is 5.13 Å². The van der Waals surface area contributed by atoms with E-state index in [4.69, 9.17) is 17.3 Å². The first kappa shape index (κ1) is 15.3. The maximum absolute atomic E-state index is 12.0. The Kier molecular flexibility index (Phi) is 4.45. The topological polar surface area (TPSA) is 80.0 Å². The molecule has 1 heterocycles. The van der Waals surface area contributed by atoms with Gasteiger partial charge in [-0.25, -0.2) is 9.78 Å². The molecule has 0 aliphatic heterocycles. The van der Waals surface area contributed by atoms with Crippen LogP contribution in [0.25, 0.3) is 11.3 Å². The highest BCUT2D eigenvalue weighted by Crippen LogP contribution is 2.25. The smallest absolute Gasteiger partial charge is 0.323 e. The monoisotopic (exact) mass is 344 g/mol. The summed E-state index contributed by atoms with van der Waals surface area (Å²) in [6.45, 7) is 0. The molecule has 3 rings (SSSR count). The number of hydrogen-bond acceptors (Lipinski definition) is 4. The molecule has 4 N–H and O–H groups in total. The number of nitrogens with one attached hydrogen (secondary N) is 2. The molecule has 23 heavy (non-hydrogen) atoms. The fourth-order valence-corrected chi connectivity index (χ4v) is 2.80.